The molecule has 0 N–H and O–H groups in total. The Kier molecular flexibility index (Phi) is 4.05. The van der Waals surface area contributed by atoms with Gasteiger partial charge in [-0.25, -0.2) is 0 Å². The third-order valence-corrected chi connectivity index (χ3v) is 4.12. The van der Waals surface area contributed by atoms with Crippen molar-refractivity contribution in [1.82, 2.24) is 0 Å². The predicted octanol–water partition coefficient (Wildman–Crippen LogP) is 5.13. The molecule has 0 bridgehead atoms. The summed E-state index contributed by atoms with van der Waals surface area (Å²) in [5, 5.41) is 2.81. The minimum atomic E-state index is -0.228. The zero-order valence-corrected chi connectivity index (χ0v) is 13.5. The predicted molar refractivity (Wildman–Crippen MR) is 91.1 cm³/mol. The van der Waals surface area contributed by atoms with Crippen LogP contribution in [0.1, 0.15) is 6.92 Å². The Labute approximate surface area is 136 Å². The molecule has 3 rings (SSSR count). The van der Waals surface area contributed by atoms with Gasteiger partial charge >= 0.3 is 0 Å². The monoisotopic (exact) mass is 332 g/mol. The largest absolute Gasteiger partial charge is 0.482 e. The van der Waals surface area contributed by atoms with Gasteiger partial charge in [-0.15, -0.1) is 11.3 Å². The fourth-order valence-electron chi connectivity index (χ4n) is 2.05. The lowest BCUT2D eigenvalue weighted by Crippen LogP contribution is -2.11. The van der Waals surface area contributed by atoms with Crippen LogP contribution in [0.25, 0.3) is 21.6 Å². The molecule has 0 saturated carbocycles. The summed E-state index contributed by atoms with van der Waals surface area (Å²) in [7, 11) is 0. The van der Waals surface area contributed by atoms with Crippen molar-refractivity contribution in [2.45, 2.75) is 6.92 Å². The second kappa shape index (κ2) is 5.99. The Bertz CT molecular complexity index is 894. The Balaban J connectivity index is 2.27. The number of ether oxygens (including phenoxy) is 1. The van der Waals surface area contributed by atoms with Gasteiger partial charge in [-0.3, -0.25) is 4.79 Å². The molecule has 0 amide bonds. The van der Waals surface area contributed by atoms with Crippen molar-refractivity contribution in [2.24, 2.45) is 0 Å². The van der Waals surface area contributed by atoms with E-state index in [9.17, 15) is 4.79 Å². The number of hydrogen-bond donors (Lipinski definition) is 0. The molecule has 0 fully saturated rings. The summed E-state index contributed by atoms with van der Waals surface area (Å²) < 4.78 is 11.6. The Morgan fingerprint density at radius 1 is 1.41 bits per heavy atom. The van der Waals surface area contributed by atoms with Crippen LogP contribution in [0.3, 0.4) is 0 Å². The average Bonchev–Trinajstić information content (AvgIpc) is 3.00. The van der Waals surface area contributed by atoms with Gasteiger partial charge in [-0.1, -0.05) is 24.2 Å². The van der Waals surface area contributed by atoms with Crippen LogP contribution in [0.5, 0.6) is 5.75 Å². The molecule has 0 aliphatic carbocycles. The summed E-state index contributed by atoms with van der Waals surface area (Å²) in [5.74, 6) is 0.635. The van der Waals surface area contributed by atoms with Gasteiger partial charge in [-0.2, -0.15) is 0 Å². The van der Waals surface area contributed by atoms with Crippen LogP contribution in [-0.4, -0.2) is 6.61 Å². The van der Waals surface area contributed by atoms with Gasteiger partial charge in [-0.05, 0) is 42.1 Å². The standard InChI is InChI=1S/C17H13ClO3S/c1-10(2)9-20-17-15(19)12-8-11(18)5-6-13(12)21-16(17)14-4-3-7-22-14/h3-8H,1,9H2,2H3. The summed E-state index contributed by atoms with van der Waals surface area (Å²) in [6, 6.07) is 8.76. The van der Waals surface area contributed by atoms with Gasteiger partial charge in [0.2, 0.25) is 11.2 Å². The molecule has 2 heterocycles. The molecule has 0 atom stereocenters. The first kappa shape index (κ1) is 14.9. The van der Waals surface area contributed by atoms with E-state index in [1.54, 1.807) is 18.2 Å². The van der Waals surface area contributed by atoms with Gasteiger partial charge < -0.3 is 9.15 Å². The number of benzene rings is 1. The number of fused-ring (bicyclic) bond motifs is 1. The molecule has 1 aromatic carbocycles. The molecule has 0 unspecified atom stereocenters. The lowest BCUT2D eigenvalue weighted by atomic mass is 10.2. The summed E-state index contributed by atoms with van der Waals surface area (Å²) >= 11 is 7.46. The smallest absolute Gasteiger partial charge is 0.235 e. The van der Waals surface area contributed by atoms with Crippen molar-refractivity contribution >= 4 is 33.9 Å². The van der Waals surface area contributed by atoms with Crippen molar-refractivity contribution in [3.8, 4) is 16.4 Å². The van der Waals surface area contributed by atoms with E-state index in [2.05, 4.69) is 6.58 Å². The van der Waals surface area contributed by atoms with Crippen molar-refractivity contribution in [1.29, 1.82) is 0 Å². The van der Waals surface area contributed by atoms with E-state index in [1.165, 1.54) is 11.3 Å². The van der Waals surface area contributed by atoms with Crippen molar-refractivity contribution < 1.29 is 9.15 Å². The topological polar surface area (TPSA) is 39.4 Å². The van der Waals surface area contributed by atoms with Crippen molar-refractivity contribution in [3.63, 3.8) is 0 Å². The molecule has 0 spiro atoms. The molecule has 2 aromatic heterocycles. The van der Waals surface area contributed by atoms with Crippen LogP contribution in [0.15, 0.2) is 57.1 Å². The van der Waals surface area contributed by atoms with Gasteiger partial charge in [0.1, 0.15) is 12.2 Å². The molecular weight excluding hydrogens is 320 g/mol. The maximum Gasteiger partial charge on any atom is 0.235 e. The first-order valence-electron chi connectivity index (χ1n) is 6.63. The first-order valence-corrected chi connectivity index (χ1v) is 7.89. The minimum Gasteiger partial charge on any atom is -0.482 e. The normalized spacial score (nSPS) is 10.8. The quantitative estimate of drug-likeness (QED) is 0.622. The summed E-state index contributed by atoms with van der Waals surface area (Å²) in [5.41, 5.74) is 1.08. The molecule has 22 heavy (non-hydrogen) atoms. The Morgan fingerprint density at radius 2 is 2.23 bits per heavy atom. The highest BCUT2D eigenvalue weighted by Crippen LogP contribution is 2.34. The average molecular weight is 333 g/mol. The number of halogens is 1. The van der Waals surface area contributed by atoms with Crippen LogP contribution < -0.4 is 10.2 Å². The molecule has 0 aliphatic rings. The molecule has 0 radical (unpaired) electrons. The third-order valence-electron chi connectivity index (χ3n) is 3.02. The number of hydrogen-bond acceptors (Lipinski definition) is 4. The second-order valence-corrected chi connectivity index (χ2v) is 6.34. The Hall–Kier alpha value is -2.04. The molecule has 0 saturated heterocycles. The first-order chi connectivity index (χ1) is 10.6. The fraction of sp³-hybridized carbons (Fsp3) is 0.118. The van der Waals surface area contributed by atoms with Crippen LogP contribution >= 0.6 is 22.9 Å². The van der Waals surface area contributed by atoms with E-state index in [1.807, 2.05) is 24.4 Å². The van der Waals surface area contributed by atoms with E-state index in [4.69, 9.17) is 20.8 Å². The van der Waals surface area contributed by atoms with Gasteiger partial charge in [0.25, 0.3) is 0 Å². The third kappa shape index (κ3) is 2.80. The Morgan fingerprint density at radius 3 is 2.91 bits per heavy atom. The highest BCUT2D eigenvalue weighted by atomic mass is 35.5. The van der Waals surface area contributed by atoms with Crippen molar-refractivity contribution in [3.05, 3.63) is 63.1 Å². The van der Waals surface area contributed by atoms with E-state index in [0.717, 1.165) is 10.5 Å². The van der Waals surface area contributed by atoms with Gasteiger partial charge in [0.05, 0.1) is 10.3 Å². The van der Waals surface area contributed by atoms with Crippen LogP contribution in [0.2, 0.25) is 5.02 Å². The molecular formula is C17H13ClO3S. The second-order valence-electron chi connectivity index (χ2n) is 4.95. The van der Waals surface area contributed by atoms with E-state index in [-0.39, 0.29) is 17.8 Å². The molecule has 112 valence electrons. The number of thiophene rings is 1. The summed E-state index contributed by atoms with van der Waals surface area (Å²) in [4.78, 5) is 13.6. The van der Waals surface area contributed by atoms with Gasteiger partial charge in [0.15, 0.2) is 5.76 Å². The summed E-state index contributed by atoms with van der Waals surface area (Å²) in [6.45, 7) is 5.89. The van der Waals surface area contributed by atoms with E-state index in [0.29, 0.717) is 21.8 Å². The van der Waals surface area contributed by atoms with Crippen molar-refractivity contribution in [2.75, 3.05) is 6.61 Å². The van der Waals surface area contributed by atoms with Gasteiger partial charge in [0, 0.05) is 5.02 Å². The zero-order chi connectivity index (χ0) is 15.7. The number of rotatable bonds is 4. The highest BCUT2D eigenvalue weighted by Gasteiger charge is 2.18. The lowest BCUT2D eigenvalue weighted by Gasteiger charge is -2.10. The SMILES string of the molecule is C=C(C)COc1c(-c2cccs2)oc2ccc(Cl)cc2c1=O. The maximum absolute atomic E-state index is 12.7. The van der Waals surface area contributed by atoms with E-state index < -0.39 is 0 Å². The minimum absolute atomic E-state index is 0.195. The molecule has 5 heteroatoms. The molecule has 0 aliphatic heterocycles. The van der Waals surface area contributed by atoms with Crippen LogP contribution in [0, 0.1) is 0 Å². The summed E-state index contributed by atoms with van der Waals surface area (Å²) in [6.07, 6.45) is 0. The van der Waals surface area contributed by atoms with Crippen LogP contribution in [0.4, 0.5) is 0 Å². The molecule has 3 aromatic rings. The maximum atomic E-state index is 12.7. The van der Waals surface area contributed by atoms with E-state index >= 15 is 0 Å². The fourth-order valence-corrected chi connectivity index (χ4v) is 2.92. The molecule has 3 nitrogen and oxygen atoms in total. The lowest BCUT2D eigenvalue weighted by molar-refractivity contribution is 0.342. The zero-order valence-electron chi connectivity index (χ0n) is 11.9. The highest BCUT2D eigenvalue weighted by molar-refractivity contribution is 7.13. The van der Waals surface area contributed by atoms with Crippen LogP contribution in [-0.2, 0) is 0 Å².